The van der Waals surface area contributed by atoms with Gasteiger partial charge in [-0.25, -0.2) is 12.7 Å². The molecule has 2 aromatic carbocycles. The summed E-state index contributed by atoms with van der Waals surface area (Å²) in [6, 6.07) is 14.2. The third-order valence-corrected chi connectivity index (χ3v) is 5.33. The van der Waals surface area contributed by atoms with Gasteiger partial charge in [-0.2, -0.15) is 0 Å². The fraction of sp³-hybridized carbons (Fsp3) is 0.368. The summed E-state index contributed by atoms with van der Waals surface area (Å²) in [6.45, 7) is 4.01. The molecule has 0 saturated heterocycles. The Labute approximate surface area is 171 Å². The standard InChI is InChI=1S/C19H26ClN3O4S/c1-14(27-19-11-7-4-8-16(19)20)22-17-9-5-6-10-18(17)23(28(3,24)25)15(2)26-13-12-21/h4-11,14-15,22H,12-13,21H2,1-3H3. The first-order chi connectivity index (χ1) is 13.2. The van der Waals surface area contributed by atoms with Crippen LogP contribution in [0.1, 0.15) is 13.8 Å². The molecule has 0 radical (unpaired) electrons. The van der Waals surface area contributed by atoms with Crippen LogP contribution in [0.5, 0.6) is 5.75 Å². The molecule has 3 N–H and O–H groups in total. The number of anilines is 2. The highest BCUT2D eigenvalue weighted by Crippen LogP contribution is 2.31. The van der Waals surface area contributed by atoms with Crippen LogP contribution in [0.2, 0.25) is 5.02 Å². The molecule has 0 bridgehead atoms. The summed E-state index contributed by atoms with van der Waals surface area (Å²) in [6.07, 6.45) is -0.0560. The van der Waals surface area contributed by atoms with Crippen molar-refractivity contribution in [1.82, 2.24) is 0 Å². The third-order valence-electron chi connectivity index (χ3n) is 3.81. The number of para-hydroxylation sites is 3. The minimum atomic E-state index is -3.61. The Hall–Kier alpha value is -2.00. The van der Waals surface area contributed by atoms with Crippen LogP contribution in [0.4, 0.5) is 11.4 Å². The molecular formula is C19H26ClN3O4S. The van der Waals surface area contributed by atoms with E-state index >= 15 is 0 Å². The first-order valence-corrected chi connectivity index (χ1v) is 11.0. The summed E-state index contributed by atoms with van der Waals surface area (Å²) in [7, 11) is -3.61. The van der Waals surface area contributed by atoms with Gasteiger partial charge in [-0.1, -0.05) is 35.9 Å². The average Bonchev–Trinajstić information content (AvgIpc) is 2.62. The Morgan fingerprint density at radius 1 is 1.14 bits per heavy atom. The molecule has 154 valence electrons. The van der Waals surface area contributed by atoms with Crippen LogP contribution in [0.15, 0.2) is 48.5 Å². The lowest BCUT2D eigenvalue weighted by atomic mass is 10.2. The minimum absolute atomic E-state index is 0.245. The molecule has 9 heteroatoms. The zero-order chi connectivity index (χ0) is 20.7. The normalized spacial score (nSPS) is 13.6. The number of hydrogen-bond acceptors (Lipinski definition) is 6. The maximum atomic E-state index is 12.4. The maximum Gasteiger partial charge on any atom is 0.234 e. The van der Waals surface area contributed by atoms with Crippen LogP contribution in [0, 0.1) is 0 Å². The monoisotopic (exact) mass is 427 g/mol. The second-order valence-electron chi connectivity index (χ2n) is 6.17. The van der Waals surface area contributed by atoms with Crippen molar-refractivity contribution >= 4 is 33.0 Å². The van der Waals surface area contributed by atoms with Gasteiger partial charge in [0, 0.05) is 6.54 Å². The number of halogens is 1. The molecule has 2 unspecified atom stereocenters. The zero-order valence-electron chi connectivity index (χ0n) is 16.1. The van der Waals surface area contributed by atoms with Crippen molar-refractivity contribution in [2.75, 3.05) is 29.0 Å². The number of sulfonamides is 1. The fourth-order valence-corrected chi connectivity index (χ4v) is 4.01. The SMILES string of the molecule is CC(Nc1ccccc1N(C(C)OCCN)S(C)(=O)=O)Oc1ccccc1Cl. The molecule has 28 heavy (non-hydrogen) atoms. The molecule has 2 aromatic rings. The number of nitrogens with two attached hydrogens (primary N) is 1. The van der Waals surface area contributed by atoms with Crippen molar-refractivity contribution in [2.45, 2.75) is 26.3 Å². The highest BCUT2D eigenvalue weighted by Gasteiger charge is 2.27. The van der Waals surface area contributed by atoms with Crippen molar-refractivity contribution in [3.8, 4) is 5.75 Å². The molecule has 0 heterocycles. The number of rotatable bonds is 10. The van der Waals surface area contributed by atoms with Gasteiger partial charge in [0.15, 0.2) is 6.23 Å². The van der Waals surface area contributed by atoms with Crippen LogP contribution < -0.4 is 20.1 Å². The van der Waals surface area contributed by atoms with Gasteiger partial charge in [0.2, 0.25) is 10.0 Å². The number of nitrogens with zero attached hydrogens (tertiary/aromatic N) is 1. The Balaban J connectivity index is 2.28. The van der Waals surface area contributed by atoms with Crippen molar-refractivity contribution in [2.24, 2.45) is 5.73 Å². The molecule has 2 atom stereocenters. The van der Waals surface area contributed by atoms with Gasteiger partial charge < -0.3 is 20.5 Å². The van der Waals surface area contributed by atoms with E-state index in [1.165, 1.54) is 4.31 Å². The summed E-state index contributed by atoms with van der Waals surface area (Å²) < 4.78 is 37.5. The number of hydrogen-bond donors (Lipinski definition) is 2. The maximum absolute atomic E-state index is 12.4. The van der Waals surface area contributed by atoms with E-state index in [9.17, 15) is 8.42 Å². The molecule has 0 aliphatic carbocycles. The molecule has 2 rings (SSSR count). The molecule has 0 amide bonds. The lowest BCUT2D eigenvalue weighted by molar-refractivity contribution is 0.0802. The van der Waals surface area contributed by atoms with Crippen LogP contribution in [0.25, 0.3) is 0 Å². The van der Waals surface area contributed by atoms with Crippen LogP contribution in [-0.2, 0) is 14.8 Å². The van der Waals surface area contributed by atoms with Crippen molar-refractivity contribution in [3.63, 3.8) is 0 Å². The lowest BCUT2D eigenvalue weighted by Crippen LogP contribution is -2.41. The highest BCUT2D eigenvalue weighted by atomic mass is 35.5. The summed E-state index contributed by atoms with van der Waals surface area (Å²) in [5.41, 5.74) is 6.50. The van der Waals surface area contributed by atoms with Gasteiger partial charge in [-0.05, 0) is 38.1 Å². The molecule has 0 aliphatic rings. The topological polar surface area (TPSA) is 93.9 Å². The van der Waals surface area contributed by atoms with E-state index in [4.69, 9.17) is 26.8 Å². The van der Waals surface area contributed by atoms with Gasteiger partial charge in [-0.15, -0.1) is 0 Å². The summed E-state index contributed by atoms with van der Waals surface area (Å²) in [4.78, 5) is 0. The van der Waals surface area contributed by atoms with E-state index in [2.05, 4.69) is 5.32 Å². The van der Waals surface area contributed by atoms with Crippen LogP contribution in [0.3, 0.4) is 0 Å². The summed E-state index contributed by atoms with van der Waals surface area (Å²) in [5, 5.41) is 3.67. The minimum Gasteiger partial charge on any atom is -0.469 e. The lowest BCUT2D eigenvalue weighted by Gasteiger charge is -2.31. The summed E-state index contributed by atoms with van der Waals surface area (Å²) in [5.74, 6) is 0.529. The van der Waals surface area contributed by atoms with E-state index < -0.39 is 22.5 Å². The van der Waals surface area contributed by atoms with E-state index in [1.807, 2.05) is 12.1 Å². The predicted molar refractivity (Wildman–Crippen MR) is 113 cm³/mol. The Morgan fingerprint density at radius 2 is 1.79 bits per heavy atom. The first-order valence-electron chi connectivity index (χ1n) is 8.82. The zero-order valence-corrected chi connectivity index (χ0v) is 17.7. The molecule has 7 nitrogen and oxygen atoms in total. The van der Waals surface area contributed by atoms with Gasteiger partial charge >= 0.3 is 0 Å². The van der Waals surface area contributed by atoms with Gasteiger partial charge in [-0.3, -0.25) is 0 Å². The quantitative estimate of drug-likeness (QED) is 0.565. The molecule has 0 spiro atoms. The second kappa shape index (κ2) is 9.97. The third kappa shape index (κ3) is 6.00. The molecular weight excluding hydrogens is 402 g/mol. The molecule has 0 aliphatic heterocycles. The fourth-order valence-electron chi connectivity index (χ4n) is 2.72. The number of benzene rings is 2. The summed E-state index contributed by atoms with van der Waals surface area (Å²) >= 11 is 6.14. The van der Waals surface area contributed by atoms with Crippen LogP contribution in [-0.4, -0.2) is 40.3 Å². The van der Waals surface area contributed by atoms with Crippen molar-refractivity contribution in [3.05, 3.63) is 53.6 Å². The molecule has 0 aromatic heterocycles. The van der Waals surface area contributed by atoms with E-state index in [1.54, 1.807) is 50.2 Å². The van der Waals surface area contributed by atoms with Crippen molar-refractivity contribution in [1.29, 1.82) is 0 Å². The Kier molecular flexibility index (Phi) is 7.94. The number of nitrogens with one attached hydrogen (secondary N) is 1. The van der Waals surface area contributed by atoms with E-state index in [0.717, 1.165) is 6.26 Å². The highest BCUT2D eigenvalue weighted by molar-refractivity contribution is 7.92. The number of ether oxygens (including phenoxy) is 2. The Bertz CT molecular complexity index is 879. The molecule has 0 fully saturated rings. The smallest absolute Gasteiger partial charge is 0.234 e. The first kappa shape index (κ1) is 22.3. The largest absolute Gasteiger partial charge is 0.469 e. The molecule has 0 saturated carbocycles. The van der Waals surface area contributed by atoms with Gasteiger partial charge in [0.25, 0.3) is 0 Å². The predicted octanol–water partition coefficient (Wildman–Crippen LogP) is 3.26. The van der Waals surface area contributed by atoms with Gasteiger partial charge in [0.05, 0.1) is 29.3 Å². The second-order valence-corrected chi connectivity index (χ2v) is 8.44. The van der Waals surface area contributed by atoms with Crippen molar-refractivity contribution < 1.29 is 17.9 Å². The van der Waals surface area contributed by atoms with E-state index in [0.29, 0.717) is 28.7 Å². The Morgan fingerprint density at radius 3 is 2.43 bits per heavy atom. The average molecular weight is 428 g/mol. The van der Waals surface area contributed by atoms with Crippen LogP contribution >= 0.6 is 11.6 Å². The van der Waals surface area contributed by atoms with E-state index in [-0.39, 0.29) is 6.61 Å². The van der Waals surface area contributed by atoms with Gasteiger partial charge in [0.1, 0.15) is 12.0 Å².